The number of ether oxygens (including phenoxy) is 1. The van der Waals surface area contributed by atoms with Crippen LogP contribution in [-0.4, -0.2) is 21.0 Å². The highest BCUT2D eigenvalue weighted by atomic mass is 35.6. The Morgan fingerprint density at radius 2 is 1.47 bits per heavy atom. The molecule has 0 saturated heterocycles. The molecule has 15 heavy (non-hydrogen) atoms. The van der Waals surface area contributed by atoms with Crippen molar-refractivity contribution < 1.29 is 9.53 Å². The number of hydrogen-bond acceptors (Lipinski definition) is 2. The fraction of sp³-hybridized carbons (Fsp3) is 0.889. The third-order valence-corrected chi connectivity index (χ3v) is 2.87. The summed E-state index contributed by atoms with van der Waals surface area (Å²) in [4.78, 5) is 11.4. The molecule has 0 aliphatic carbocycles. The average molecular weight is 277 g/mol. The third kappa shape index (κ3) is 5.69. The van der Waals surface area contributed by atoms with E-state index in [-0.39, 0.29) is 5.54 Å². The second-order valence-electron chi connectivity index (χ2n) is 4.77. The summed E-state index contributed by atoms with van der Waals surface area (Å²) < 4.78 is 3.37. The lowest BCUT2D eigenvalue weighted by Gasteiger charge is -2.33. The first-order chi connectivity index (χ1) is 6.35. The van der Waals surface area contributed by atoms with Crippen molar-refractivity contribution in [2.45, 2.75) is 49.6 Å². The monoisotopic (exact) mass is 275 g/mol. The maximum absolute atomic E-state index is 11.4. The van der Waals surface area contributed by atoms with E-state index in [1.807, 2.05) is 20.8 Å². The second-order valence-corrected chi connectivity index (χ2v) is 7.05. The zero-order valence-electron chi connectivity index (χ0n) is 9.45. The Labute approximate surface area is 105 Å². The molecule has 0 bridgehead atoms. The molecule has 0 spiro atoms. The Morgan fingerprint density at radius 3 is 1.73 bits per heavy atom. The van der Waals surface area contributed by atoms with E-state index < -0.39 is 15.5 Å². The van der Waals surface area contributed by atoms with Crippen LogP contribution in [0.25, 0.3) is 0 Å². The summed E-state index contributed by atoms with van der Waals surface area (Å²) in [7, 11) is 0. The van der Waals surface area contributed by atoms with Crippen LogP contribution in [0.1, 0.15) is 34.6 Å². The summed E-state index contributed by atoms with van der Waals surface area (Å²) in [5.74, 6) is 0. The molecule has 90 valence electrons. The van der Waals surface area contributed by atoms with Crippen molar-refractivity contribution in [1.82, 2.24) is 5.32 Å². The third-order valence-electron chi connectivity index (χ3n) is 1.51. The molecule has 0 aliphatic rings. The van der Waals surface area contributed by atoms with Crippen molar-refractivity contribution in [1.29, 1.82) is 0 Å². The van der Waals surface area contributed by atoms with Crippen LogP contribution in [0.2, 0.25) is 0 Å². The lowest BCUT2D eigenvalue weighted by atomic mass is 10.1. The van der Waals surface area contributed by atoms with E-state index in [9.17, 15) is 4.79 Å². The number of amides is 1. The van der Waals surface area contributed by atoms with Gasteiger partial charge in [0.25, 0.3) is 0 Å². The van der Waals surface area contributed by atoms with Gasteiger partial charge >= 0.3 is 6.09 Å². The number of alkyl halides is 3. The molecule has 6 heteroatoms. The fourth-order valence-corrected chi connectivity index (χ4v) is 0.737. The van der Waals surface area contributed by atoms with Gasteiger partial charge in [-0.2, -0.15) is 0 Å². The van der Waals surface area contributed by atoms with Gasteiger partial charge in [-0.05, 0) is 34.6 Å². The fourth-order valence-electron chi connectivity index (χ4n) is 0.621. The number of nitrogens with one attached hydrogen (secondary N) is 1. The largest absolute Gasteiger partial charge is 0.439 e. The Morgan fingerprint density at radius 1 is 1.07 bits per heavy atom. The quantitative estimate of drug-likeness (QED) is 0.742. The average Bonchev–Trinajstić information content (AvgIpc) is 1.75. The molecule has 0 unspecified atom stereocenters. The van der Waals surface area contributed by atoms with Crippen molar-refractivity contribution in [3.05, 3.63) is 0 Å². The molecular weight excluding hydrogens is 260 g/mol. The van der Waals surface area contributed by atoms with E-state index in [0.29, 0.717) is 0 Å². The molecule has 0 aromatic heterocycles. The molecule has 0 fully saturated rings. The van der Waals surface area contributed by atoms with Crippen molar-refractivity contribution in [2.24, 2.45) is 0 Å². The first-order valence-corrected chi connectivity index (χ1v) is 5.56. The normalized spacial score (nSPS) is 13.6. The molecule has 0 aromatic rings. The Kier molecular flexibility index (Phi) is 4.60. The van der Waals surface area contributed by atoms with Gasteiger partial charge in [-0.15, -0.1) is 0 Å². The molecule has 0 saturated carbocycles. The topological polar surface area (TPSA) is 38.3 Å². The van der Waals surface area contributed by atoms with Crippen LogP contribution < -0.4 is 5.32 Å². The summed E-state index contributed by atoms with van der Waals surface area (Å²) >= 11 is 17.0. The van der Waals surface area contributed by atoms with E-state index in [4.69, 9.17) is 39.5 Å². The highest BCUT2D eigenvalue weighted by molar-refractivity contribution is 6.68. The van der Waals surface area contributed by atoms with Crippen LogP contribution in [0.4, 0.5) is 4.79 Å². The second kappa shape index (κ2) is 4.56. The minimum atomic E-state index is -1.66. The molecule has 1 N–H and O–H groups in total. The SMILES string of the molecule is CC(C)(C)NC(=O)OC(C)(C)C(Cl)(Cl)Cl. The predicted octanol–water partition coefficient (Wildman–Crippen LogP) is 3.66. The predicted molar refractivity (Wildman–Crippen MR) is 63.7 cm³/mol. The summed E-state index contributed by atoms with van der Waals surface area (Å²) in [6.07, 6.45) is -0.612. The van der Waals surface area contributed by atoms with Gasteiger partial charge in [-0.1, -0.05) is 34.8 Å². The van der Waals surface area contributed by atoms with Crippen molar-refractivity contribution in [3.63, 3.8) is 0 Å². The van der Waals surface area contributed by atoms with Crippen LogP contribution in [-0.2, 0) is 4.74 Å². The number of alkyl carbamates (subject to hydrolysis) is 1. The zero-order valence-corrected chi connectivity index (χ0v) is 11.7. The minimum Gasteiger partial charge on any atom is -0.439 e. The molecule has 3 nitrogen and oxygen atoms in total. The first kappa shape index (κ1) is 15.1. The van der Waals surface area contributed by atoms with Crippen LogP contribution in [0.3, 0.4) is 0 Å². The van der Waals surface area contributed by atoms with Crippen LogP contribution in [0.15, 0.2) is 0 Å². The molecule has 0 heterocycles. The van der Waals surface area contributed by atoms with Gasteiger partial charge in [0.2, 0.25) is 3.79 Å². The maximum atomic E-state index is 11.4. The number of carbonyl (C=O) groups excluding carboxylic acids is 1. The Balaban J connectivity index is 4.43. The minimum absolute atomic E-state index is 0.388. The van der Waals surface area contributed by atoms with Gasteiger partial charge in [0, 0.05) is 5.54 Å². The van der Waals surface area contributed by atoms with Gasteiger partial charge in [0.1, 0.15) is 0 Å². The number of rotatable bonds is 1. The number of halogens is 3. The van der Waals surface area contributed by atoms with Crippen molar-refractivity contribution in [3.8, 4) is 0 Å². The highest BCUT2D eigenvalue weighted by Gasteiger charge is 2.44. The maximum Gasteiger partial charge on any atom is 0.408 e. The Hall–Kier alpha value is 0.140. The lowest BCUT2D eigenvalue weighted by Crippen LogP contribution is -2.48. The van der Waals surface area contributed by atoms with E-state index in [2.05, 4.69) is 5.32 Å². The summed E-state index contributed by atoms with van der Waals surface area (Å²) in [5, 5.41) is 2.61. The van der Waals surface area contributed by atoms with Gasteiger partial charge < -0.3 is 10.1 Å². The van der Waals surface area contributed by atoms with E-state index in [1.54, 1.807) is 0 Å². The Bertz CT molecular complexity index is 241. The van der Waals surface area contributed by atoms with E-state index >= 15 is 0 Å². The van der Waals surface area contributed by atoms with Crippen LogP contribution in [0, 0.1) is 0 Å². The summed E-state index contributed by atoms with van der Waals surface area (Å²) in [5.41, 5.74) is -1.58. The number of carbonyl (C=O) groups is 1. The zero-order chi connectivity index (χ0) is 12.5. The van der Waals surface area contributed by atoms with E-state index in [0.717, 1.165) is 0 Å². The molecule has 0 aromatic carbocycles. The number of hydrogen-bond donors (Lipinski definition) is 1. The van der Waals surface area contributed by atoms with Crippen LogP contribution >= 0.6 is 34.8 Å². The van der Waals surface area contributed by atoms with Crippen molar-refractivity contribution >= 4 is 40.9 Å². The highest BCUT2D eigenvalue weighted by Crippen LogP contribution is 2.40. The molecule has 0 rings (SSSR count). The van der Waals surface area contributed by atoms with Crippen molar-refractivity contribution in [2.75, 3.05) is 0 Å². The molecule has 0 atom stereocenters. The van der Waals surface area contributed by atoms with Gasteiger partial charge in [-0.3, -0.25) is 0 Å². The van der Waals surface area contributed by atoms with Crippen LogP contribution in [0.5, 0.6) is 0 Å². The first-order valence-electron chi connectivity index (χ1n) is 4.43. The molecule has 0 aliphatic heterocycles. The summed E-state index contributed by atoms with van der Waals surface area (Å²) in [6, 6.07) is 0. The lowest BCUT2D eigenvalue weighted by molar-refractivity contribution is 0.0374. The summed E-state index contributed by atoms with van der Waals surface area (Å²) in [6.45, 7) is 8.55. The standard InChI is InChI=1S/C9H16Cl3NO2/c1-7(2,3)13-6(14)15-8(4,5)9(10,11)12/h1-5H3,(H,13,14). The molecule has 0 radical (unpaired) electrons. The molecule has 1 amide bonds. The van der Waals surface area contributed by atoms with Gasteiger partial charge in [-0.25, -0.2) is 4.79 Å². The molecular formula is C9H16Cl3NO2. The van der Waals surface area contributed by atoms with Gasteiger partial charge in [0.05, 0.1) is 0 Å². The van der Waals surface area contributed by atoms with Gasteiger partial charge in [0.15, 0.2) is 5.60 Å². The van der Waals surface area contributed by atoms with E-state index in [1.165, 1.54) is 13.8 Å². The smallest absolute Gasteiger partial charge is 0.408 e.